The van der Waals surface area contributed by atoms with E-state index in [0.29, 0.717) is 17.7 Å². The zero-order chi connectivity index (χ0) is 13.4. The zero-order valence-electron chi connectivity index (χ0n) is 10.0. The molecule has 0 aliphatic carbocycles. The predicted octanol–water partition coefficient (Wildman–Crippen LogP) is 3.52. The Balaban J connectivity index is 1.94. The molecule has 1 aliphatic heterocycles. The summed E-state index contributed by atoms with van der Waals surface area (Å²) in [5, 5.41) is 10.1. The fourth-order valence-electron chi connectivity index (χ4n) is 2.31. The van der Waals surface area contributed by atoms with E-state index in [9.17, 15) is 13.9 Å². The average Bonchev–Trinajstić information content (AvgIpc) is 2.42. The molecule has 0 spiro atoms. The molecule has 2 nitrogen and oxygen atoms in total. The number of hydrogen-bond donors (Lipinski definition) is 1. The van der Waals surface area contributed by atoms with Crippen molar-refractivity contribution >= 4 is 0 Å². The molecule has 2 aromatic carbocycles. The minimum absolute atomic E-state index is 0.322. The van der Waals surface area contributed by atoms with E-state index in [2.05, 4.69) is 0 Å². The number of halogens is 2. The van der Waals surface area contributed by atoms with Crippen molar-refractivity contribution in [3.8, 4) is 5.75 Å². The molecule has 2 unspecified atom stereocenters. The Morgan fingerprint density at radius 1 is 1.05 bits per heavy atom. The normalized spacial score (nSPS) is 21.6. The molecule has 0 radical (unpaired) electrons. The van der Waals surface area contributed by atoms with E-state index in [1.807, 2.05) is 6.07 Å². The van der Waals surface area contributed by atoms with Crippen LogP contribution in [0.3, 0.4) is 0 Å². The van der Waals surface area contributed by atoms with Gasteiger partial charge in [-0.15, -0.1) is 0 Å². The maximum absolute atomic E-state index is 13.2. The maximum atomic E-state index is 13.2. The lowest BCUT2D eigenvalue weighted by atomic mass is 9.95. The summed E-state index contributed by atoms with van der Waals surface area (Å²) < 4.78 is 31.9. The van der Waals surface area contributed by atoms with Crippen LogP contribution >= 0.6 is 0 Å². The Morgan fingerprint density at radius 3 is 2.63 bits per heavy atom. The van der Waals surface area contributed by atoms with Gasteiger partial charge < -0.3 is 9.84 Å². The molecule has 2 atom stereocenters. The SMILES string of the molecule is OC1CC(c2ccc(F)c(F)c2)Oc2ccccc21. The summed E-state index contributed by atoms with van der Waals surface area (Å²) in [7, 11) is 0. The van der Waals surface area contributed by atoms with Crippen LogP contribution in [0.1, 0.15) is 29.8 Å². The second kappa shape index (κ2) is 4.63. The van der Waals surface area contributed by atoms with Crippen molar-refractivity contribution < 1.29 is 18.6 Å². The molecule has 1 aliphatic rings. The van der Waals surface area contributed by atoms with E-state index in [-0.39, 0.29) is 0 Å². The summed E-state index contributed by atoms with van der Waals surface area (Å²) in [6.07, 6.45) is -0.815. The lowest BCUT2D eigenvalue weighted by Gasteiger charge is -2.29. The van der Waals surface area contributed by atoms with Crippen LogP contribution in [0.25, 0.3) is 0 Å². The van der Waals surface area contributed by atoms with Crippen molar-refractivity contribution in [2.24, 2.45) is 0 Å². The van der Waals surface area contributed by atoms with Gasteiger partial charge in [0, 0.05) is 12.0 Å². The molecular formula is C15H12F2O2. The first kappa shape index (κ1) is 12.1. The third kappa shape index (κ3) is 2.19. The Kier molecular flexibility index (Phi) is 2.95. The van der Waals surface area contributed by atoms with E-state index >= 15 is 0 Å². The number of rotatable bonds is 1. The molecule has 0 saturated heterocycles. The standard InChI is InChI=1S/C15H12F2O2/c16-11-6-5-9(7-12(11)17)15-8-13(18)10-3-1-2-4-14(10)19-15/h1-7,13,15,18H,8H2. The van der Waals surface area contributed by atoms with Crippen molar-refractivity contribution in [2.75, 3.05) is 0 Å². The third-order valence-corrected chi connectivity index (χ3v) is 3.30. The second-order valence-electron chi connectivity index (χ2n) is 4.57. The molecule has 0 fully saturated rings. The first-order valence-electron chi connectivity index (χ1n) is 6.04. The molecule has 2 aromatic rings. The van der Waals surface area contributed by atoms with Gasteiger partial charge in [-0.2, -0.15) is 0 Å². The number of aliphatic hydroxyl groups excluding tert-OH is 1. The van der Waals surface area contributed by atoms with Gasteiger partial charge in [-0.1, -0.05) is 24.3 Å². The number of aliphatic hydroxyl groups is 1. The van der Waals surface area contributed by atoms with E-state index < -0.39 is 23.8 Å². The van der Waals surface area contributed by atoms with Gasteiger partial charge in [0.05, 0.1) is 6.10 Å². The summed E-state index contributed by atoms with van der Waals surface area (Å²) in [5.74, 6) is -1.22. The summed E-state index contributed by atoms with van der Waals surface area (Å²) in [6, 6.07) is 10.8. The fraction of sp³-hybridized carbons (Fsp3) is 0.200. The molecule has 1 heterocycles. The Bertz CT molecular complexity index is 613. The summed E-state index contributed by atoms with van der Waals surface area (Å²) in [4.78, 5) is 0. The number of para-hydroxylation sites is 1. The largest absolute Gasteiger partial charge is 0.485 e. The Labute approximate surface area is 109 Å². The molecule has 98 valence electrons. The van der Waals surface area contributed by atoms with Crippen LogP contribution in [0, 0.1) is 11.6 Å². The monoisotopic (exact) mass is 262 g/mol. The minimum atomic E-state index is -0.908. The molecular weight excluding hydrogens is 250 g/mol. The van der Waals surface area contributed by atoms with Crippen molar-refractivity contribution in [3.63, 3.8) is 0 Å². The van der Waals surface area contributed by atoms with Crippen molar-refractivity contribution in [1.82, 2.24) is 0 Å². The van der Waals surface area contributed by atoms with Crippen molar-refractivity contribution in [3.05, 3.63) is 65.2 Å². The smallest absolute Gasteiger partial charge is 0.159 e. The Morgan fingerprint density at radius 2 is 1.84 bits per heavy atom. The highest BCUT2D eigenvalue weighted by Crippen LogP contribution is 2.40. The third-order valence-electron chi connectivity index (χ3n) is 3.30. The van der Waals surface area contributed by atoms with E-state index in [1.54, 1.807) is 18.2 Å². The first-order valence-corrected chi connectivity index (χ1v) is 6.04. The van der Waals surface area contributed by atoms with Gasteiger partial charge in [-0.3, -0.25) is 0 Å². The summed E-state index contributed by atoms with van der Waals surface area (Å²) >= 11 is 0. The highest BCUT2D eigenvalue weighted by molar-refractivity contribution is 5.38. The molecule has 3 rings (SSSR count). The van der Waals surface area contributed by atoms with Gasteiger partial charge in [0.25, 0.3) is 0 Å². The van der Waals surface area contributed by atoms with Gasteiger partial charge in [0.1, 0.15) is 11.9 Å². The Hall–Kier alpha value is -1.94. The molecule has 0 aromatic heterocycles. The van der Waals surface area contributed by atoms with Gasteiger partial charge >= 0.3 is 0 Å². The topological polar surface area (TPSA) is 29.5 Å². The maximum Gasteiger partial charge on any atom is 0.159 e. The lowest BCUT2D eigenvalue weighted by Crippen LogP contribution is -2.19. The van der Waals surface area contributed by atoms with Crippen LogP contribution in [0.5, 0.6) is 5.75 Å². The van der Waals surface area contributed by atoms with Gasteiger partial charge in [-0.05, 0) is 23.8 Å². The van der Waals surface area contributed by atoms with Crippen molar-refractivity contribution in [2.45, 2.75) is 18.6 Å². The highest BCUT2D eigenvalue weighted by Gasteiger charge is 2.28. The number of fused-ring (bicyclic) bond motifs is 1. The quantitative estimate of drug-likeness (QED) is 0.852. The summed E-state index contributed by atoms with van der Waals surface area (Å²) in [6.45, 7) is 0. The van der Waals surface area contributed by atoms with Crippen LogP contribution in [-0.4, -0.2) is 5.11 Å². The van der Waals surface area contributed by atoms with Gasteiger partial charge in [0.2, 0.25) is 0 Å². The predicted molar refractivity (Wildman–Crippen MR) is 65.7 cm³/mol. The number of ether oxygens (including phenoxy) is 1. The number of benzene rings is 2. The molecule has 0 bridgehead atoms. The molecule has 4 heteroatoms. The van der Waals surface area contributed by atoms with Crippen LogP contribution in [-0.2, 0) is 0 Å². The van der Waals surface area contributed by atoms with Gasteiger partial charge in [0.15, 0.2) is 11.6 Å². The minimum Gasteiger partial charge on any atom is -0.485 e. The molecule has 0 saturated carbocycles. The molecule has 0 amide bonds. The molecule has 1 N–H and O–H groups in total. The fourth-order valence-corrected chi connectivity index (χ4v) is 2.31. The number of hydrogen-bond acceptors (Lipinski definition) is 2. The van der Waals surface area contributed by atoms with E-state index in [1.165, 1.54) is 6.07 Å². The first-order chi connectivity index (χ1) is 9.15. The van der Waals surface area contributed by atoms with E-state index in [0.717, 1.165) is 17.7 Å². The average molecular weight is 262 g/mol. The van der Waals surface area contributed by atoms with Crippen LogP contribution in [0.15, 0.2) is 42.5 Å². The lowest BCUT2D eigenvalue weighted by molar-refractivity contribution is 0.0655. The summed E-state index contributed by atoms with van der Waals surface area (Å²) in [5.41, 5.74) is 1.24. The van der Waals surface area contributed by atoms with Crippen LogP contribution < -0.4 is 4.74 Å². The zero-order valence-corrected chi connectivity index (χ0v) is 10.0. The van der Waals surface area contributed by atoms with Crippen LogP contribution in [0.2, 0.25) is 0 Å². The van der Waals surface area contributed by atoms with Crippen LogP contribution in [0.4, 0.5) is 8.78 Å². The van der Waals surface area contributed by atoms with Crippen molar-refractivity contribution in [1.29, 1.82) is 0 Å². The molecule has 19 heavy (non-hydrogen) atoms. The second-order valence-corrected chi connectivity index (χ2v) is 4.57. The highest BCUT2D eigenvalue weighted by atomic mass is 19.2. The van der Waals surface area contributed by atoms with Gasteiger partial charge in [-0.25, -0.2) is 8.78 Å². The van der Waals surface area contributed by atoms with E-state index in [4.69, 9.17) is 4.74 Å².